The smallest absolute Gasteiger partial charge is 0.365 e. The van der Waals surface area contributed by atoms with Gasteiger partial charge in [-0.2, -0.15) is 0 Å². The molecular weight excluding hydrogens is 270 g/mol. The number of hydrogen-bond donors (Lipinski definition) is 0. The Balaban J connectivity index is 2.06. The zero-order valence-electron chi connectivity index (χ0n) is 11.9. The van der Waals surface area contributed by atoms with Crippen LogP contribution < -0.4 is 4.90 Å². The Hall–Kier alpha value is -2.42. The van der Waals surface area contributed by atoms with Gasteiger partial charge in [0.15, 0.2) is 0 Å². The highest BCUT2D eigenvalue weighted by molar-refractivity contribution is 5.95. The monoisotopic (exact) mass is 287 g/mol. The first-order chi connectivity index (χ1) is 10.1. The van der Waals surface area contributed by atoms with Crippen LogP contribution >= 0.6 is 0 Å². The second-order valence-corrected chi connectivity index (χ2v) is 5.09. The van der Waals surface area contributed by atoms with E-state index < -0.39 is 4.92 Å². The van der Waals surface area contributed by atoms with Crippen LogP contribution in [0.15, 0.2) is 18.3 Å². The minimum atomic E-state index is -0.495. The van der Waals surface area contributed by atoms with Crippen LogP contribution in [0, 0.1) is 27.9 Å². The molecule has 1 saturated heterocycles. The van der Waals surface area contributed by atoms with E-state index in [4.69, 9.17) is 0 Å². The number of carbonyl (C=O) groups is 1. The van der Waals surface area contributed by atoms with Crippen LogP contribution in [0.3, 0.4) is 0 Å². The first kappa shape index (κ1) is 15.0. The maximum atomic E-state index is 11.6. The topological polar surface area (TPSA) is 76.3 Å². The zero-order chi connectivity index (χ0) is 15.2. The molecule has 1 aliphatic heterocycles. The summed E-state index contributed by atoms with van der Waals surface area (Å²) < 4.78 is 0. The number of pyridine rings is 1. The van der Waals surface area contributed by atoms with Gasteiger partial charge < -0.3 is 15.0 Å². The maximum Gasteiger partial charge on any atom is 0.365 e. The van der Waals surface area contributed by atoms with E-state index in [0.29, 0.717) is 6.42 Å². The van der Waals surface area contributed by atoms with Crippen LogP contribution in [0.2, 0.25) is 0 Å². The van der Waals surface area contributed by atoms with Gasteiger partial charge in [0.1, 0.15) is 6.20 Å². The van der Waals surface area contributed by atoms with Gasteiger partial charge in [-0.15, -0.1) is 0 Å². The Morgan fingerprint density at radius 2 is 2.43 bits per heavy atom. The fraction of sp³-hybridized carbons (Fsp3) is 0.467. The van der Waals surface area contributed by atoms with Crippen LogP contribution in [0.5, 0.6) is 0 Å². The van der Waals surface area contributed by atoms with Gasteiger partial charge in [0.25, 0.3) is 0 Å². The number of aromatic nitrogens is 1. The van der Waals surface area contributed by atoms with Gasteiger partial charge in [0, 0.05) is 31.3 Å². The van der Waals surface area contributed by atoms with E-state index in [1.807, 2.05) is 0 Å². The number of nitrogens with zero attached hydrogens (tertiary/aromatic N) is 3. The van der Waals surface area contributed by atoms with Crippen LogP contribution in [0.25, 0.3) is 0 Å². The van der Waals surface area contributed by atoms with Gasteiger partial charge in [-0.3, -0.25) is 4.79 Å². The van der Waals surface area contributed by atoms with E-state index in [9.17, 15) is 14.9 Å². The number of anilines is 1. The summed E-state index contributed by atoms with van der Waals surface area (Å²) in [6, 6.07) is 3.25. The molecule has 0 aromatic carbocycles. The molecule has 0 aliphatic carbocycles. The molecule has 1 atom stereocenters. The lowest BCUT2D eigenvalue weighted by atomic mass is 9.92. The van der Waals surface area contributed by atoms with Crippen molar-refractivity contribution in [3.63, 3.8) is 0 Å². The number of Topliss-reactive ketones (excluding diaryl/α,β-unsaturated/α-hetero) is 1. The summed E-state index contributed by atoms with van der Waals surface area (Å²) in [7, 11) is 0. The van der Waals surface area contributed by atoms with E-state index in [-0.39, 0.29) is 17.5 Å². The van der Waals surface area contributed by atoms with Crippen molar-refractivity contribution in [2.45, 2.75) is 26.2 Å². The minimum Gasteiger partial charge on any atom is -0.371 e. The highest BCUT2D eigenvalue weighted by Gasteiger charge is 2.23. The van der Waals surface area contributed by atoms with E-state index in [1.165, 1.54) is 12.3 Å². The van der Waals surface area contributed by atoms with Crippen LogP contribution in [0.1, 0.15) is 26.2 Å². The van der Waals surface area contributed by atoms with Crippen LogP contribution in [-0.4, -0.2) is 28.8 Å². The number of piperidine rings is 1. The van der Waals surface area contributed by atoms with Gasteiger partial charge in [0.05, 0.1) is 6.07 Å². The predicted octanol–water partition coefficient (Wildman–Crippen LogP) is 2.19. The third-order valence-electron chi connectivity index (χ3n) is 3.54. The van der Waals surface area contributed by atoms with Gasteiger partial charge >= 0.3 is 5.82 Å². The van der Waals surface area contributed by atoms with E-state index in [2.05, 4.69) is 21.7 Å². The summed E-state index contributed by atoms with van der Waals surface area (Å²) in [5, 5.41) is 10.8. The molecule has 110 valence electrons. The molecule has 6 nitrogen and oxygen atoms in total. The molecule has 1 aliphatic rings. The molecule has 2 heterocycles. The second-order valence-electron chi connectivity index (χ2n) is 5.09. The molecule has 21 heavy (non-hydrogen) atoms. The van der Waals surface area contributed by atoms with E-state index in [1.54, 1.807) is 13.0 Å². The van der Waals surface area contributed by atoms with Crippen molar-refractivity contribution in [3.05, 3.63) is 28.4 Å². The standard InChI is InChI=1S/C15H17N3O3/c1-2-4-14(19)9-12-5-3-8-17(11-12)13-6-7-16-15(10-13)18(20)21/h6-7,10,12H,3,5,8-9,11H2,1H3/t12-/m0/s1. The first-order valence-electron chi connectivity index (χ1n) is 6.91. The molecule has 1 fully saturated rings. The van der Waals surface area contributed by atoms with Crippen molar-refractivity contribution in [3.8, 4) is 11.8 Å². The zero-order valence-corrected chi connectivity index (χ0v) is 11.9. The summed E-state index contributed by atoms with van der Waals surface area (Å²) >= 11 is 0. The normalized spacial score (nSPS) is 17.8. The average molecular weight is 287 g/mol. The van der Waals surface area contributed by atoms with Gasteiger partial charge in [-0.25, -0.2) is 0 Å². The highest BCUT2D eigenvalue weighted by Crippen LogP contribution is 2.26. The molecule has 0 saturated carbocycles. The molecule has 2 rings (SSSR count). The molecule has 0 amide bonds. The number of ketones is 1. The average Bonchev–Trinajstić information content (AvgIpc) is 2.48. The second kappa shape index (κ2) is 6.84. The van der Waals surface area contributed by atoms with Crippen molar-refractivity contribution in [1.29, 1.82) is 0 Å². The lowest BCUT2D eigenvalue weighted by Gasteiger charge is -2.33. The quantitative estimate of drug-likeness (QED) is 0.367. The van der Waals surface area contributed by atoms with Crippen molar-refractivity contribution in [2.75, 3.05) is 18.0 Å². The summed E-state index contributed by atoms with van der Waals surface area (Å²) in [5.41, 5.74) is 0.787. The lowest BCUT2D eigenvalue weighted by Crippen LogP contribution is -2.36. The van der Waals surface area contributed by atoms with Crippen molar-refractivity contribution >= 4 is 17.3 Å². The Labute approximate surface area is 123 Å². The highest BCUT2D eigenvalue weighted by atomic mass is 16.6. The Morgan fingerprint density at radius 1 is 1.62 bits per heavy atom. The number of nitro groups is 1. The fourth-order valence-corrected chi connectivity index (χ4v) is 2.62. The van der Waals surface area contributed by atoms with Crippen LogP contribution in [-0.2, 0) is 4.79 Å². The fourth-order valence-electron chi connectivity index (χ4n) is 2.62. The lowest BCUT2D eigenvalue weighted by molar-refractivity contribution is -0.389. The SMILES string of the molecule is CC#CC(=O)C[C@@H]1CCCN(c2ccnc([N+](=O)[O-])c2)C1. The molecule has 1 aromatic rings. The minimum absolute atomic E-state index is 0.0370. The third kappa shape index (κ3) is 4.02. The molecule has 0 N–H and O–H groups in total. The Morgan fingerprint density at radius 3 is 3.14 bits per heavy atom. The summed E-state index contributed by atoms with van der Waals surface area (Å²) in [4.78, 5) is 27.7. The van der Waals surface area contributed by atoms with Crippen LogP contribution in [0.4, 0.5) is 11.5 Å². The molecule has 6 heteroatoms. The number of carbonyl (C=O) groups excluding carboxylic acids is 1. The van der Waals surface area contributed by atoms with Gasteiger partial charge in [-0.05, 0) is 41.5 Å². The molecule has 0 unspecified atom stereocenters. The molecule has 0 bridgehead atoms. The molecular formula is C15H17N3O3. The van der Waals surface area contributed by atoms with E-state index in [0.717, 1.165) is 31.6 Å². The molecule has 0 spiro atoms. The third-order valence-corrected chi connectivity index (χ3v) is 3.54. The maximum absolute atomic E-state index is 11.6. The summed E-state index contributed by atoms with van der Waals surface area (Å²) in [5.74, 6) is 5.25. The summed E-state index contributed by atoms with van der Waals surface area (Å²) in [6.07, 6.45) is 3.85. The molecule has 0 radical (unpaired) electrons. The Kier molecular flexibility index (Phi) is 4.88. The predicted molar refractivity (Wildman–Crippen MR) is 78.9 cm³/mol. The van der Waals surface area contributed by atoms with Crippen molar-refractivity contribution < 1.29 is 9.72 Å². The van der Waals surface area contributed by atoms with Crippen molar-refractivity contribution in [1.82, 2.24) is 4.98 Å². The van der Waals surface area contributed by atoms with Crippen molar-refractivity contribution in [2.24, 2.45) is 5.92 Å². The van der Waals surface area contributed by atoms with Gasteiger partial charge in [-0.1, -0.05) is 5.92 Å². The van der Waals surface area contributed by atoms with Gasteiger partial charge in [0.2, 0.25) is 5.78 Å². The summed E-state index contributed by atoms with van der Waals surface area (Å²) in [6.45, 7) is 3.21. The first-order valence-corrected chi connectivity index (χ1v) is 6.91. The Bertz CT molecular complexity index is 604. The number of rotatable bonds is 4. The van der Waals surface area contributed by atoms with E-state index >= 15 is 0 Å². The number of hydrogen-bond acceptors (Lipinski definition) is 5. The largest absolute Gasteiger partial charge is 0.371 e. The molecule has 1 aromatic heterocycles.